The molecule has 0 heterocycles. The van der Waals surface area contributed by atoms with Gasteiger partial charge in [0, 0.05) is 31.7 Å². The molecule has 0 aromatic rings. The molecule has 1 fully saturated rings. The first-order valence-corrected chi connectivity index (χ1v) is 7.01. The number of carbonyl (C=O) groups excluding carboxylic acids is 1. The summed E-state index contributed by atoms with van der Waals surface area (Å²) in [6.45, 7) is 3.81. The normalized spacial score (nSPS) is 24.3. The lowest BCUT2D eigenvalue weighted by molar-refractivity contribution is 0.147. The van der Waals surface area contributed by atoms with Crippen molar-refractivity contribution in [1.29, 1.82) is 0 Å². The first-order valence-electron chi connectivity index (χ1n) is 7.01. The van der Waals surface area contributed by atoms with Gasteiger partial charge in [-0.05, 0) is 19.8 Å². The summed E-state index contributed by atoms with van der Waals surface area (Å²) < 4.78 is 5.15. The quantitative estimate of drug-likeness (QED) is 0.496. The molecule has 2 atom stereocenters. The minimum Gasteiger partial charge on any atom is -0.396 e. The van der Waals surface area contributed by atoms with Gasteiger partial charge in [-0.3, -0.25) is 0 Å². The minimum absolute atomic E-state index is 0.101. The molecule has 3 N–H and O–H groups in total. The van der Waals surface area contributed by atoms with Crippen LogP contribution in [-0.2, 0) is 4.74 Å². The van der Waals surface area contributed by atoms with Gasteiger partial charge < -0.3 is 20.5 Å². The SMILES string of the molecule is CCOCCNC(=O)NC1CCCCCC1CO. The van der Waals surface area contributed by atoms with E-state index in [-0.39, 0.29) is 24.6 Å². The van der Waals surface area contributed by atoms with Gasteiger partial charge in [0.15, 0.2) is 0 Å². The molecule has 1 aliphatic rings. The highest BCUT2D eigenvalue weighted by Gasteiger charge is 2.24. The van der Waals surface area contributed by atoms with Crippen LogP contribution < -0.4 is 10.6 Å². The van der Waals surface area contributed by atoms with Crippen LogP contribution in [0.15, 0.2) is 0 Å². The van der Waals surface area contributed by atoms with Crippen molar-refractivity contribution in [3.8, 4) is 0 Å². The fraction of sp³-hybridized carbons (Fsp3) is 0.923. The van der Waals surface area contributed by atoms with Crippen LogP contribution in [-0.4, -0.2) is 43.5 Å². The Kier molecular flexibility index (Phi) is 7.76. The Labute approximate surface area is 109 Å². The predicted octanol–water partition coefficient (Wildman–Crippen LogP) is 1.26. The molecule has 1 aliphatic carbocycles. The highest BCUT2D eigenvalue weighted by atomic mass is 16.5. The molecule has 0 aromatic heterocycles. The maximum atomic E-state index is 11.7. The molecule has 0 bridgehead atoms. The van der Waals surface area contributed by atoms with Gasteiger partial charge in [0.2, 0.25) is 0 Å². The summed E-state index contributed by atoms with van der Waals surface area (Å²) in [6.07, 6.45) is 5.43. The zero-order chi connectivity index (χ0) is 13.2. The van der Waals surface area contributed by atoms with Crippen molar-refractivity contribution in [1.82, 2.24) is 10.6 Å². The second-order valence-electron chi connectivity index (χ2n) is 4.78. The topological polar surface area (TPSA) is 70.6 Å². The highest BCUT2D eigenvalue weighted by molar-refractivity contribution is 5.74. The lowest BCUT2D eigenvalue weighted by atomic mass is 9.96. The van der Waals surface area contributed by atoms with E-state index < -0.39 is 0 Å². The summed E-state index contributed by atoms with van der Waals surface area (Å²) in [6, 6.07) is -0.0513. The molecule has 5 nitrogen and oxygen atoms in total. The third-order valence-electron chi connectivity index (χ3n) is 3.45. The van der Waals surface area contributed by atoms with Crippen LogP contribution in [0, 0.1) is 5.92 Å². The van der Waals surface area contributed by atoms with E-state index in [1.165, 1.54) is 6.42 Å². The zero-order valence-electron chi connectivity index (χ0n) is 11.3. The second-order valence-corrected chi connectivity index (χ2v) is 4.78. The van der Waals surface area contributed by atoms with Gasteiger partial charge in [-0.1, -0.05) is 19.3 Å². The largest absolute Gasteiger partial charge is 0.396 e. The van der Waals surface area contributed by atoms with E-state index in [2.05, 4.69) is 10.6 Å². The number of ether oxygens (including phenoxy) is 1. The van der Waals surface area contributed by atoms with E-state index in [1.807, 2.05) is 6.92 Å². The van der Waals surface area contributed by atoms with E-state index in [0.717, 1.165) is 25.7 Å². The average Bonchev–Trinajstić information content (AvgIpc) is 2.59. The van der Waals surface area contributed by atoms with E-state index in [1.54, 1.807) is 0 Å². The highest BCUT2D eigenvalue weighted by Crippen LogP contribution is 2.22. The Morgan fingerprint density at radius 2 is 2.11 bits per heavy atom. The Balaban J connectivity index is 2.27. The number of nitrogens with one attached hydrogen (secondary N) is 2. The van der Waals surface area contributed by atoms with Gasteiger partial charge >= 0.3 is 6.03 Å². The van der Waals surface area contributed by atoms with Gasteiger partial charge in [0.05, 0.1) is 6.61 Å². The lowest BCUT2D eigenvalue weighted by Crippen LogP contribution is -2.46. The lowest BCUT2D eigenvalue weighted by Gasteiger charge is -2.24. The number of urea groups is 1. The zero-order valence-corrected chi connectivity index (χ0v) is 11.3. The third-order valence-corrected chi connectivity index (χ3v) is 3.45. The van der Waals surface area contributed by atoms with Gasteiger partial charge in [0.1, 0.15) is 0 Å². The van der Waals surface area contributed by atoms with Crippen LogP contribution in [0.3, 0.4) is 0 Å². The van der Waals surface area contributed by atoms with Gasteiger partial charge in [-0.2, -0.15) is 0 Å². The Morgan fingerprint density at radius 3 is 2.83 bits per heavy atom. The summed E-state index contributed by atoms with van der Waals surface area (Å²) in [5.41, 5.74) is 0. The smallest absolute Gasteiger partial charge is 0.315 e. The van der Waals surface area contributed by atoms with E-state index in [0.29, 0.717) is 19.8 Å². The summed E-state index contributed by atoms with van der Waals surface area (Å²) in [5.74, 6) is 0.199. The van der Waals surface area contributed by atoms with Crippen LogP contribution in [0.5, 0.6) is 0 Å². The monoisotopic (exact) mass is 258 g/mol. The van der Waals surface area contributed by atoms with E-state index in [9.17, 15) is 9.90 Å². The maximum absolute atomic E-state index is 11.7. The summed E-state index contributed by atoms with van der Waals surface area (Å²) in [5, 5.41) is 15.1. The molecule has 0 saturated heterocycles. The molecule has 0 radical (unpaired) electrons. The van der Waals surface area contributed by atoms with E-state index >= 15 is 0 Å². The molecule has 1 rings (SSSR count). The molecule has 2 amide bonds. The third kappa shape index (κ3) is 5.69. The summed E-state index contributed by atoms with van der Waals surface area (Å²) >= 11 is 0. The van der Waals surface area contributed by atoms with Crippen molar-refractivity contribution in [2.45, 2.75) is 45.1 Å². The van der Waals surface area contributed by atoms with Crippen molar-refractivity contribution in [2.24, 2.45) is 5.92 Å². The first kappa shape index (κ1) is 15.2. The molecule has 0 aliphatic heterocycles. The van der Waals surface area contributed by atoms with Crippen molar-refractivity contribution in [3.63, 3.8) is 0 Å². The predicted molar refractivity (Wildman–Crippen MR) is 70.5 cm³/mol. The molecule has 2 unspecified atom stereocenters. The van der Waals surface area contributed by atoms with Gasteiger partial charge in [-0.25, -0.2) is 4.79 Å². The number of rotatable bonds is 6. The number of hydrogen-bond acceptors (Lipinski definition) is 3. The van der Waals surface area contributed by atoms with Gasteiger partial charge in [-0.15, -0.1) is 0 Å². The van der Waals surface area contributed by atoms with Crippen LogP contribution in [0.2, 0.25) is 0 Å². The Morgan fingerprint density at radius 1 is 1.33 bits per heavy atom. The van der Waals surface area contributed by atoms with Gasteiger partial charge in [0.25, 0.3) is 0 Å². The van der Waals surface area contributed by atoms with Crippen LogP contribution in [0.4, 0.5) is 4.79 Å². The number of carbonyl (C=O) groups is 1. The molecule has 5 heteroatoms. The summed E-state index contributed by atoms with van der Waals surface area (Å²) in [4.78, 5) is 11.7. The van der Waals surface area contributed by atoms with E-state index in [4.69, 9.17) is 4.74 Å². The molecular formula is C13H26N2O3. The number of aliphatic hydroxyl groups is 1. The second kappa shape index (κ2) is 9.16. The maximum Gasteiger partial charge on any atom is 0.315 e. The van der Waals surface area contributed by atoms with Crippen LogP contribution in [0.25, 0.3) is 0 Å². The van der Waals surface area contributed by atoms with Crippen LogP contribution in [0.1, 0.15) is 39.0 Å². The summed E-state index contributed by atoms with van der Waals surface area (Å²) in [7, 11) is 0. The van der Waals surface area contributed by atoms with Crippen LogP contribution >= 0.6 is 0 Å². The average molecular weight is 258 g/mol. The Bertz CT molecular complexity index is 236. The van der Waals surface area contributed by atoms with Crippen molar-refractivity contribution in [2.75, 3.05) is 26.4 Å². The Hall–Kier alpha value is -0.810. The molecular weight excluding hydrogens is 232 g/mol. The number of hydrogen-bond donors (Lipinski definition) is 3. The fourth-order valence-electron chi connectivity index (χ4n) is 2.39. The first-order chi connectivity index (χ1) is 8.77. The standard InChI is InChI=1S/C13H26N2O3/c1-2-18-9-8-14-13(17)15-12-7-5-3-4-6-11(12)10-16/h11-12,16H,2-10H2,1H3,(H2,14,15,17). The van der Waals surface area contributed by atoms with Crippen molar-refractivity contribution < 1.29 is 14.6 Å². The fourth-order valence-corrected chi connectivity index (χ4v) is 2.39. The number of amides is 2. The van der Waals surface area contributed by atoms with Crippen molar-refractivity contribution in [3.05, 3.63) is 0 Å². The molecule has 18 heavy (non-hydrogen) atoms. The van der Waals surface area contributed by atoms with Crippen molar-refractivity contribution >= 4 is 6.03 Å². The molecule has 1 saturated carbocycles. The molecule has 106 valence electrons. The molecule has 0 aromatic carbocycles. The minimum atomic E-state index is -0.153. The molecule has 0 spiro atoms. The number of aliphatic hydroxyl groups excluding tert-OH is 1.